The van der Waals surface area contributed by atoms with Crippen LogP contribution in [0.1, 0.15) is 31.0 Å². The molecule has 0 aliphatic carbocycles. The lowest BCUT2D eigenvalue weighted by atomic mass is 9.79. The highest BCUT2D eigenvalue weighted by Crippen LogP contribution is 2.42. The second-order valence-electron chi connectivity index (χ2n) is 7.08. The highest BCUT2D eigenvalue weighted by Gasteiger charge is 2.39. The van der Waals surface area contributed by atoms with E-state index >= 15 is 0 Å². The van der Waals surface area contributed by atoms with E-state index in [0.29, 0.717) is 28.2 Å². The van der Waals surface area contributed by atoms with Crippen LogP contribution in [0.4, 0.5) is 5.69 Å². The Morgan fingerprint density at radius 2 is 1.65 bits per heavy atom. The first-order valence-electron chi connectivity index (χ1n) is 9.76. The Hall–Kier alpha value is -3.74. The van der Waals surface area contributed by atoms with Crippen LogP contribution in [0.5, 0.6) is 0 Å². The van der Waals surface area contributed by atoms with Gasteiger partial charge >= 0.3 is 11.9 Å². The van der Waals surface area contributed by atoms with Gasteiger partial charge in [0.15, 0.2) is 0 Å². The third-order valence-corrected chi connectivity index (χ3v) is 5.41. The maximum Gasteiger partial charge on any atom is 0.336 e. The molecule has 3 rings (SSSR count). The summed E-state index contributed by atoms with van der Waals surface area (Å²) in [6.45, 7) is 3.67. The molecule has 0 fully saturated rings. The molecule has 0 N–H and O–H groups in total. The number of esters is 2. The Morgan fingerprint density at radius 3 is 2.19 bits per heavy atom. The number of benzene rings is 1. The van der Waals surface area contributed by atoms with Crippen molar-refractivity contribution in [2.75, 3.05) is 21.3 Å². The average Bonchev–Trinajstić information content (AvgIpc) is 2.81. The zero-order valence-electron chi connectivity index (χ0n) is 18.2. The topological polar surface area (TPSA) is 81.1 Å². The SMILES string of the molecule is COC(=O)C1=C(C)N(C)C(C)=C(C(=O)OC)C1c1cccc(N=Cc2ccccn2)c1. The number of rotatable bonds is 5. The van der Waals surface area contributed by atoms with E-state index in [0.717, 1.165) is 11.3 Å². The Balaban J connectivity index is 2.13. The molecule has 0 bridgehead atoms. The van der Waals surface area contributed by atoms with E-state index in [1.54, 1.807) is 24.4 Å². The van der Waals surface area contributed by atoms with E-state index in [1.165, 1.54) is 14.2 Å². The van der Waals surface area contributed by atoms with Gasteiger partial charge in [-0.3, -0.25) is 9.98 Å². The van der Waals surface area contributed by atoms with Gasteiger partial charge in [0, 0.05) is 24.6 Å². The van der Waals surface area contributed by atoms with Crippen LogP contribution >= 0.6 is 0 Å². The molecule has 2 aromatic rings. The van der Waals surface area contributed by atoms with Gasteiger partial charge in [0.05, 0.1) is 48.9 Å². The fraction of sp³-hybridized carbons (Fsp3) is 0.250. The van der Waals surface area contributed by atoms with Gasteiger partial charge in [-0.25, -0.2) is 9.59 Å². The summed E-state index contributed by atoms with van der Waals surface area (Å²) in [6, 6.07) is 13.0. The first kappa shape index (κ1) is 22.0. The lowest BCUT2D eigenvalue weighted by molar-refractivity contribution is -0.137. The molecule has 1 aromatic carbocycles. The summed E-state index contributed by atoms with van der Waals surface area (Å²) in [7, 11) is 4.47. The standard InChI is InChI=1S/C24H25N3O4/c1-15-20(23(28)30-4)22(21(24(29)31-5)16(2)27(15)3)17-9-8-11-18(13-17)26-14-19-10-6-7-12-25-19/h6-14,22H,1-5H3. The van der Waals surface area contributed by atoms with Gasteiger partial charge in [0.2, 0.25) is 0 Å². The van der Waals surface area contributed by atoms with Crippen LogP contribution in [0.2, 0.25) is 0 Å². The Kier molecular flexibility index (Phi) is 6.65. The average molecular weight is 419 g/mol. The third-order valence-electron chi connectivity index (χ3n) is 5.41. The van der Waals surface area contributed by atoms with Crippen molar-refractivity contribution in [2.45, 2.75) is 19.8 Å². The van der Waals surface area contributed by atoms with Crippen molar-refractivity contribution in [1.29, 1.82) is 0 Å². The molecule has 2 heterocycles. The number of carbonyl (C=O) groups is 2. The van der Waals surface area contributed by atoms with E-state index in [-0.39, 0.29) is 0 Å². The number of aromatic nitrogens is 1. The maximum atomic E-state index is 12.7. The highest BCUT2D eigenvalue weighted by atomic mass is 16.5. The van der Waals surface area contributed by atoms with Crippen LogP contribution in [0, 0.1) is 0 Å². The molecule has 0 radical (unpaired) electrons. The number of hydrogen-bond donors (Lipinski definition) is 0. The zero-order chi connectivity index (χ0) is 22.5. The van der Waals surface area contributed by atoms with E-state index in [1.807, 2.05) is 56.3 Å². The number of pyridine rings is 1. The van der Waals surface area contributed by atoms with Crippen LogP contribution in [-0.4, -0.2) is 49.3 Å². The van der Waals surface area contributed by atoms with E-state index < -0.39 is 17.9 Å². The van der Waals surface area contributed by atoms with Gasteiger partial charge in [0.25, 0.3) is 0 Å². The van der Waals surface area contributed by atoms with Crippen molar-refractivity contribution >= 4 is 23.8 Å². The summed E-state index contributed by atoms with van der Waals surface area (Å²) in [5.41, 5.74) is 4.34. The Labute approximate surface area is 181 Å². The summed E-state index contributed by atoms with van der Waals surface area (Å²) >= 11 is 0. The number of nitrogens with zero attached hydrogens (tertiary/aromatic N) is 3. The lowest BCUT2D eigenvalue weighted by Crippen LogP contribution is -2.33. The molecule has 31 heavy (non-hydrogen) atoms. The smallest absolute Gasteiger partial charge is 0.336 e. The highest BCUT2D eigenvalue weighted by molar-refractivity contribution is 5.99. The molecule has 0 saturated carbocycles. The molecule has 160 valence electrons. The van der Waals surface area contributed by atoms with E-state index in [2.05, 4.69) is 9.98 Å². The molecule has 1 aliphatic heterocycles. The quantitative estimate of drug-likeness (QED) is 0.542. The Morgan fingerprint density at radius 1 is 1.00 bits per heavy atom. The summed E-state index contributed by atoms with van der Waals surface area (Å²) in [4.78, 5) is 36.0. The maximum absolute atomic E-state index is 12.7. The van der Waals surface area contributed by atoms with Crippen molar-refractivity contribution in [3.8, 4) is 0 Å². The first-order valence-corrected chi connectivity index (χ1v) is 9.76. The number of methoxy groups -OCH3 is 2. The Bertz CT molecular complexity index is 1050. The molecule has 0 atom stereocenters. The summed E-state index contributed by atoms with van der Waals surface area (Å²) in [5, 5.41) is 0. The molecule has 0 saturated heterocycles. The van der Waals surface area contributed by atoms with Crippen LogP contribution in [0.3, 0.4) is 0 Å². The molecule has 0 spiro atoms. The van der Waals surface area contributed by atoms with E-state index in [9.17, 15) is 9.59 Å². The van der Waals surface area contributed by atoms with Crippen LogP contribution in [-0.2, 0) is 19.1 Å². The van der Waals surface area contributed by atoms with Crippen LogP contribution in [0.15, 0.2) is 76.2 Å². The van der Waals surface area contributed by atoms with E-state index in [4.69, 9.17) is 9.47 Å². The minimum atomic E-state index is -0.638. The first-order chi connectivity index (χ1) is 14.9. The van der Waals surface area contributed by atoms with Crippen molar-refractivity contribution in [1.82, 2.24) is 9.88 Å². The van der Waals surface area contributed by atoms with Gasteiger partial charge in [-0.05, 0) is 43.7 Å². The third kappa shape index (κ3) is 4.40. The normalized spacial score (nSPS) is 14.9. The monoisotopic (exact) mass is 419 g/mol. The number of allylic oxidation sites excluding steroid dienone is 2. The number of aliphatic imine (C=N–C) groups is 1. The van der Waals surface area contributed by atoms with Gasteiger partial charge in [-0.15, -0.1) is 0 Å². The fourth-order valence-electron chi connectivity index (χ4n) is 3.64. The van der Waals surface area contributed by atoms with Crippen LogP contribution < -0.4 is 0 Å². The number of ether oxygens (including phenoxy) is 2. The van der Waals surface area contributed by atoms with Gasteiger partial charge < -0.3 is 14.4 Å². The predicted octanol–water partition coefficient (Wildman–Crippen LogP) is 3.76. The van der Waals surface area contributed by atoms with Crippen LogP contribution in [0.25, 0.3) is 0 Å². The second-order valence-corrected chi connectivity index (χ2v) is 7.08. The zero-order valence-corrected chi connectivity index (χ0v) is 18.2. The van der Waals surface area contributed by atoms with Gasteiger partial charge in [0.1, 0.15) is 0 Å². The largest absolute Gasteiger partial charge is 0.466 e. The van der Waals surface area contributed by atoms with Gasteiger partial charge in [-0.1, -0.05) is 18.2 Å². The van der Waals surface area contributed by atoms with Crippen molar-refractivity contribution in [3.05, 3.63) is 82.5 Å². The molecule has 1 aliphatic rings. The minimum absolute atomic E-state index is 0.391. The molecule has 0 amide bonds. The van der Waals surface area contributed by atoms with Crippen molar-refractivity contribution in [3.63, 3.8) is 0 Å². The predicted molar refractivity (Wildman–Crippen MR) is 118 cm³/mol. The van der Waals surface area contributed by atoms with Crippen molar-refractivity contribution < 1.29 is 19.1 Å². The lowest BCUT2D eigenvalue weighted by Gasteiger charge is -2.35. The molecule has 7 nitrogen and oxygen atoms in total. The summed E-state index contributed by atoms with van der Waals surface area (Å²) < 4.78 is 10.1. The molecule has 7 heteroatoms. The summed E-state index contributed by atoms with van der Waals surface area (Å²) in [5.74, 6) is -1.63. The molecule has 0 unspecified atom stereocenters. The number of hydrogen-bond acceptors (Lipinski definition) is 7. The van der Waals surface area contributed by atoms with Gasteiger partial charge in [-0.2, -0.15) is 0 Å². The fourth-order valence-corrected chi connectivity index (χ4v) is 3.64. The molecular weight excluding hydrogens is 394 g/mol. The van der Waals surface area contributed by atoms with Crippen molar-refractivity contribution in [2.24, 2.45) is 4.99 Å². The minimum Gasteiger partial charge on any atom is -0.466 e. The summed E-state index contributed by atoms with van der Waals surface area (Å²) in [6.07, 6.45) is 3.36. The number of carbonyl (C=O) groups excluding carboxylic acids is 2. The second kappa shape index (κ2) is 9.38. The molecule has 1 aromatic heterocycles. The molecular formula is C24H25N3O4.